The number of nitrogens with zero attached hydrogens (tertiary/aromatic N) is 3. The highest BCUT2D eigenvalue weighted by atomic mass is 19.1. The van der Waals surface area contributed by atoms with E-state index in [1.807, 2.05) is 6.07 Å². The number of carbonyl (C=O) groups is 1. The van der Waals surface area contributed by atoms with E-state index in [-0.39, 0.29) is 23.9 Å². The average Bonchev–Trinajstić information content (AvgIpc) is 2.63. The van der Waals surface area contributed by atoms with Crippen molar-refractivity contribution in [2.24, 2.45) is 0 Å². The third-order valence-corrected chi connectivity index (χ3v) is 3.22. The molecule has 0 atom stereocenters. The predicted octanol–water partition coefficient (Wildman–Crippen LogP) is 2.82. The molecule has 0 fully saturated rings. The molecule has 2 N–H and O–H groups in total. The second-order valence-corrected chi connectivity index (χ2v) is 5.02. The number of halogens is 2. The highest BCUT2D eigenvalue weighted by Gasteiger charge is 2.10. The standard InChI is InChI=1S/C17H13F2N5O/c18-11-4-5-14(13(19)9-11)23-17-21-8-6-15(24-17)16(25)22-10-12-3-1-2-7-20-12/h1-9H,10H2,(H,22,25)(H,21,23,24). The molecule has 0 aliphatic rings. The van der Waals surface area contributed by atoms with Gasteiger partial charge in [-0.1, -0.05) is 6.07 Å². The topological polar surface area (TPSA) is 79.8 Å². The normalized spacial score (nSPS) is 10.3. The van der Waals surface area contributed by atoms with Gasteiger partial charge in [0.2, 0.25) is 5.95 Å². The Hall–Kier alpha value is -3.42. The van der Waals surface area contributed by atoms with Crippen molar-refractivity contribution in [2.75, 3.05) is 5.32 Å². The zero-order valence-corrected chi connectivity index (χ0v) is 12.9. The lowest BCUT2D eigenvalue weighted by Crippen LogP contribution is -2.24. The number of hydrogen-bond acceptors (Lipinski definition) is 5. The maximum absolute atomic E-state index is 13.7. The van der Waals surface area contributed by atoms with Gasteiger partial charge in [0.05, 0.1) is 17.9 Å². The molecular weight excluding hydrogens is 328 g/mol. The zero-order chi connectivity index (χ0) is 17.6. The Morgan fingerprint density at radius 3 is 2.68 bits per heavy atom. The van der Waals surface area contributed by atoms with Crippen molar-refractivity contribution in [2.45, 2.75) is 6.54 Å². The smallest absolute Gasteiger partial charge is 0.270 e. The van der Waals surface area contributed by atoms with E-state index < -0.39 is 17.5 Å². The molecule has 0 bridgehead atoms. The number of amides is 1. The van der Waals surface area contributed by atoms with Crippen LogP contribution in [0.4, 0.5) is 20.4 Å². The molecule has 0 aliphatic carbocycles. The zero-order valence-electron chi connectivity index (χ0n) is 12.9. The fourth-order valence-electron chi connectivity index (χ4n) is 2.02. The third-order valence-electron chi connectivity index (χ3n) is 3.22. The lowest BCUT2D eigenvalue weighted by atomic mass is 10.3. The van der Waals surface area contributed by atoms with E-state index in [9.17, 15) is 13.6 Å². The van der Waals surface area contributed by atoms with Crippen LogP contribution in [0, 0.1) is 11.6 Å². The van der Waals surface area contributed by atoms with Crippen LogP contribution in [0.25, 0.3) is 0 Å². The summed E-state index contributed by atoms with van der Waals surface area (Å²) in [6, 6.07) is 9.88. The van der Waals surface area contributed by atoms with Gasteiger partial charge in [-0.05, 0) is 30.3 Å². The van der Waals surface area contributed by atoms with Gasteiger partial charge in [0.25, 0.3) is 5.91 Å². The van der Waals surface area contributed by atoms with Crippen molar-refractivity contribution in [1.29, 1.82) is 0 Å². The van der Waals surface area contributed by atoms with Gasteiger partial charge < -0.3 is 10.6 Å². The first-order chi connectivity index (χ1) is 12.1. The number of hydrogen-bond donors (Lipinski definition) is 2. The Bertz CT molecular complexity index is 889. The molecule has 0 spiro atoms. The first kappa shape index (κ1) is 16.4. The Morgan fingerprint density at radius 1 is 1.04 bits per heavy atom. The SMILES string of the molecule is O=C(NCc1ccccn1)c1ccnc(Nc2ccc(F)cc2F)n1. The maximum Gasteiger partial charge on any atom is 0.270 e. The molecule has 25 heavy (non-hydrogen) atoms. The minimum Gasteiger partial charge on any atom is -0.345 e. The third kappa shape index (κ3) is 4.31. The minimum atomic E-state index is -0.784. The maximum atomic E-state index is 13.7. The number of rotatable bonds is 5. The monoisotopic (exact) mass is 341 g/mol. The second kappa shape index (κ2) is 7.43. The highest BCUT2D eigenvalue weighted by Crippen LogP contribution is 2.18. The molecule has 126 valence electrons. The van der Waals surface area contributed by atoms with Crippen molar-refractivity contribution >= 4 is 17.5 Å². The molecule has 8 heteroatoms. The molecule has 0 saturated heterocycles. The molecule has 0 saturated carbocycles. The number of benzene rings is 1. The molecule has 2 heterocycles. The Labute approximate surface area is 142 Å². The van der Waals surface area contributed by atoms with Crippen molar-refractivity contribution in [1.82, 2.24) is 20.3 Å². The lowest BCUT2D eigenvalue weighted by Gasteiger charge is -2.08. The summed E-state index contributed by atoms with van der Waals surface area (Å²) >= 11 is 0. The number of anilines is 2. The Kier molecular flexibility index (Phi) is 4.89. The van der Waals surface area contributed by atoms with E-state index >= 15 is 0 Å². The summed E-state index contributed by atoms with van der Waals surface area (Å²) in [5.41, 5.74) is 0.819. The van der Waals surface area contributed by atoms with Crippen LogP contribution in [0.3, 0.4) is 0 Å². The number of carbonyl (C=O) groups excluding carboxylic acids is 1. The van der Waals surface area contributed by atoms with Crippen molar-refractivity contribution in [3.05, 3.63) is 77.9 Å². The van der Waals surface area contributed by atoms with E-state index in [1.54, 1.807) is 18.3 Å². The van der Waals surface area contributed by atoms with Gasteiger partial charge in [-0.2, -0.15) is 0 Å². The van der Waals surface area contributed by atoms with Gasteiger partial charge in [-0.15, -0.1) is 0 Å². The second-order valence-electron chi connectivity index (χ2n) is 5.02. The van der Waals surface area contributed by atoms with Gasteiger partial charge >= 0.3 is 0 Å². The van der Waals surface area contributed by atoms with Crippen LogP contribution < -0.4 is 10.6 Å². The quantitative estimate of drug-likeness (QED) is 0.746. The van der Waals surface area contributed by atoms with Crippen molar-refractivity contribution < 1.29 is 13.6 Å². The molecule has 1 aromatic carbocycles. The molecule has 1 amide bonds. The van der Waals surface area contributed by atoms with Crippen LogP contribution in [-0.4, -0.2) is 20.9 Å². The molecule has 3 rings (SSSR count). The van der Waals surface area contributed by atoms with Crippen LogP contribution in [0.5, 0.6) is 0 Å². The summed E-state index contributed by atoms with van der Waals surface area (Å²) in [6.07, 6.45) is 3.00. The molecular formula is C17H13F2N5O. The van der Waals surface area contributed by atoms with Crippen LogP contribution in [0.15, 0.2) is 54.9 Å². The minimum absolute atomic E-state index is 0.00689. The van der Waals surface area contributed by atoms with Gasteiger partial charge in [0.1, 0.15) is 17.3 Å². The Balaban J connectivity index is 1.69. The summed E-state index contributed by atoms with van der Waals surface area (Å²) in [5.74, 6) is -1.87. The van der Waals surface area contributed by atoms with Gasteiger partial charge in [0, 0.05) is 18.5 Å². The van der Waals surface area contributed by atoms with Crippen molar-refractivity contribution in [3.8, 4) is 0 Å². The van der Waals surface area contributed by atoms with E-state index in [2.05, 4.69) is 25.6 Å². The first-order valence-electron chi connectivity index (χ1n) is 7.35. The predicted molar refractivity (Wildman–Crippen MR) is 87.1 cm³/mol. The Morgan fingerprint density at radius 2 is 1.92 bits per heavy atom. The summed E-state index contributed by atoms with van der Waals surface area (Å²) < 4.78 is 26.6. The van der Waals surface area contributed by atoms with Crippen LogP contribution >= 0.6 is 0 Å². The summed E-state index contributed by atoms with van der Waals surface area (Å²) in [5, 5.41) is 5.29. The lowest BCUT2D eigenvalue weighted by molar-refractivity contribution is 0.0945. The first-order valence-corrected chi connectivity index (χ1v) is 7.35. The van der Waals surface area contributed by atoms with Gasteiger partial charge in [-0.3, -0.25) is 9.78 Å². The van der Waals surface area contributed by atoms with E-state index in [0.29, 0.717) is 5.69 Å². The average molecular weight is 341 g/mol. The number of nitrogens with one attached hydrogen (secondary N) is 2. The summed E-state index contributed by atoms with van der Waals surface area (Å²) in [4.78, 5) is 24.2. The largest absolute Gasteiger partial charge is 0.345 e. The van der Waals surface area contributed by atoms with Gasteiger partial charge in [0.15, 0.2) is 0 Å². The van der Waals surface area contributed by atoms with Crippen LogP contribution in [0.1, 0.15) is 16.2 Å². The molecule has 0 unspecified atom stereocenters. The fourth-order valence-corrected chi connectivity index (χ4v) is 2.02. The highest BCUT2D eigenvalue weighted by molar-refractivity contribution is 5.92. The molecule has 0 radical (unpaired) electrons. The summed E-state index contributed by atoms with van der Waals surface area (Å²) in [6.45, 7) is 0.249. The van der Waals surface area contributed by atoms with Crippen molar-refractivity contribution in [3.63, 3.8) is 0 Å². The van der Waals surface area contributed by atoms with E-state index in [0.717, 1.165) is 12.1 Å². The van der Waals surface area contributed by atoms with Gasteiger partial charge in [-0.25, -0.2) is 18.7 Å². The molecule has 6 nitrogen and oxygen atoms in total. The van der Waals surface area contributed by atoms with E-state index in [1.165, 1.54) is 18.3 Å². The van der Waals surface area contributed by atoms with Crippen LogP contribution in [-0.2, 0) is 6.54 Å². The summed E-state index contributed by atoms with van der Waals surface area (Å²) in [7, 11) is 0. The number of pyridine rings is 1. The fraction of sp³-hybridized carbons (Fsp3) is 0.0588. The molecule has 3 aromatic rings. The molecule has 2 aromatic heterocycles. The number of aromatic nitrogens is 3. The van der Waals surface area contributed by atoms with E-state index in [4.69, 9.17) is 0 Å². The molecule has 0 aliphatic heterocycles. The van der Waals surface area contributed by atoms with Crippen LogP contribution in [0.2, 0.25) is 0 Å².